The van der Waals surface area contributed by atoms with Gasteiger partial charge in [-0.15, -0.1) is 0 Å². The number of rotatable bonds is 6. The Morgan fingerprint density at radius 1 is 1.27 bits per heavy atom. The normalized spacial score (nSPS) is 13.8. The molecule has 0 atom stereocenters. The number of carbonyl (C=O) groups excluding carboxylic acids is 2. The number of pyridine rings is 1. The van der Waals surface area contributed by atoms with Gasteiger partial charge < -0.3 is 15.0 Å². The van der Waals surface area contributed by atoms with Crippen molar-refractivity contribution in [3.8, 4) is 11.6 Å². The molecule has 0 bridgehead atoms. The molecule has 0 radical (unpaired) electrons. The highest BCUT2D eigenvalue weighted by Crippen LogP contribution is 2.24. The van der Waals surface area contributed by atoms with E-state index in [-0.39, 0.29) is 36.5 Å². The van der Waals surface area contributed by atoms with Gasteiger partial charge in [0, 0.05) is 37.3 Å². The smallest absolute Gasteiger partial charge is 0.239 e. The van der Waals surface area contributed by atoms with Gasteiger partial charge in [-0.1, -0.05) is 6.07 Å². The van der Waals surface area contributed by atoms with Crippen LogP contribution >= 0.6 is 0 Å². The number of carbonyl (C=O) groups is 2. The summed E-state index contributed by atoms with van der Waals surface area (Å²) in [6.45, 7) is 0.732. The van der Waals surface area contributed by atoms with Gasteiger partial charge in [0.05, 0.1) is 6.54 Å². The minimum absolute atomic E-state index is 0.0124. The maximum atomic E-state index is 13.3. The largest absolute Gasteiger partial charge is 0.439 e. The molecule has 136 valence electrons. The van der Waals surface area contributed by atoms with Crippen LogP contribution in [-0.4, -0.2) is 34.8 Å². The van der Waals surface area contributed by atoms with Gasteiger partial charge in [-0.25, -0.2) is 13.8 Å². The first-order chi connectivity index (χ1) is 12.5. The molecule has 1 aliphatic heterocycles. The summed E-state index contributed by atoms with van der Waals surface area (Å²) in [6.07, 6.45) is 2.73. The molecule has 1 fully saturated rings. The van der Waals surface area contributed by atoms with Crippen LogP contribution in [0.3, 0.4) is 0 Å². The highest BCUT2D eigenvalue weighted by atomic mass is 19.2. The second kappa shape index (κ2) is 7.90. The van der Waals surface area contributed by atoms with Crippen molar-refractivity contribution < 1.29 is 23.1 Å². The lowest BCUT2D eigenvalue weighted by Crippen LogP contribution is -2.37. The maximum absolute atomic E-state index is 13.3. The lowest BCUT2D eigenvalue weighted by molar-refractivity contribution is -0.133. The van der Waals surface area contributed by atoms with Crippen molar-refractivity contribution in [2.24, 2.45) is 0 Å². The summed E-state index contributed by atoms with van der Waals surface area (Å²) in [7, 11) is 0. The number of halogens is 2. The topological polar surface area (TPSA) is 71.5 Å². The average Bonchev–Trinajstić information content (AvgIpc) is 3.02. The predicted octanol–water partition coefficient (Wildman–Crippen LogP) is 2.39. The molecule has 1 aromatic heterocycles. The van der Waals surface area contributed by atoms with Gasteiger partial charge in [0.2, 0.25) is 17.7 Å². The van der Waals surface area contributed by atoms with Crippen LogP contribution in [0.25, 0.3) is 0 Å². The van der Waals surface area contributed by atoms with Crippen molar-refractivity contribution in [2.45, 2.75) is 19.4 Å². The van der Waals surface area contributed by atoms with Crippen LogP contribution in [0.2, 0.25) is 0 Å². The summed E-state index contributed by atoms with van der Waals surface area (Å²) in [5.74, 6) is -2.04. The Bertz CT molecular complexity index is 829. The summed E-state index contributed by atoms with van der Waals surface area (Å²) >= 11 is 0. The zero-order valence-corrected chi connectivity index (χ0v) is 13.9. The molecule has 3 rings (SSSR count). The van der Waals surface area contributed by atoms with Gasteiger partial charge in [0.1, 0.15) is 5.75 Å². The van der Waals surface area contributed by atoms with Gasteiger partial charge in [-0.3, -0.25) is 9.59 Å². The molecule has 1 aliphatic rings. The maximum Gasteiger partial charge on any atom is 0.239 e. The fourth-order valence-corrected chi connectivity index (χ4v) is 2.60. The number of likely N-dealkylation sites (tertiary alicyclic amines) is 1. The molecule has 0 saturated carbocycles. The predicted molar refractivity (Wildman–Crippen MR) is 88.3 cm³/mol. The van der Waals surface area contributed by atoms with Crippen molar-refractivity contribution in [1.82, 2.24) is 15.2 Å². The zero-order chi connectivity index (χ0) is 18.5. The molecule has 1 saturated heterocycles. The molecule has 2 aromatic rings. The van der Waals surface area contributed by atoms with E-state index in [0.717, 1.165) is 18.6 Å². The number of amides is 2. The molecule has 8 heteroatoms. The fraction of sp³-hybridized carbons (Fsp3) is 0.278. The zero-order valence-electron chi connectivity index (χ0n) is 13.9. The second-order valence-corrected chi connectivity index (χ2v) is 5.84. The van der Waals surface area contributed by atoms with Crippen LogP contribution in [0.4, 0.5) is 8.78 Å². The Hall–Kier alpha value is -3.03. The summed E-state index contributed by atoms with van der Waals surface area (Å²) < 4.78 is 31.8. The van der Waals surface area contributed by atoms with E-state index in [0.29, 0.717) is 18.5 Å². The molecular formula is C18H17F2N3O3. The van der Waals surface area contributed by atoms with Crippen molar-refractivity contribution in [2.75, 3.05) is 13.1 Å². The van der Waals surface area contributed by atoms with Crippen LogP contribution < -0.4 is 10.1 Å². The Morgan fingerprint density at radius 2 is 2.12 bits per heavy atom. The van der Waals surface area contributed by atoms with E-state index >= 15 is 0 Å². The minimum atomic E-state index is -1.02. The van der Waals surface area contributed by atoms with Gasteiger partial charge in [-0.2, -0.15) is 0 Å². The Labute approximate surface area is 148 Å². The van der Waals surface area contributed by atoms with E-state index in [9.17, 15) is 18.4 Å². The monoisotopic (exact) mass is 361 g/mol. The SMILES string of the molecule is O=C(CN1CCCC1=O)NCc1cccnc1Oc1ccc(F)c(F)c1. The van der Waals surface area contributed by atoms with Crippen LogP contribution in [-0.2, 0) is 16.1 Å². The number of hydrogen-bond acceptors (Lipinski definition) is 4. The standard InChI is InChI=1S/C18H17F2N3O3/c19-14-6-5-13(9-15(14)20)26-18-12(3-1-7-21-18)10-22-16(24)11-23-8-2-4-17(23)25/h1,3,5-7,9H,2,4,8,10-11H2,(H,22,24). The number of benzene rings is 1. The molecular weight excluding hydrogens is 344 g/mol. The van der Waals surface area contributed by atoms with Gasteiger partial charge in [0.15, 0.2) is 11.6 Å². The fourth-order valence-electron chi connectivity index (χ4n) is 2.60. The van der Waals surface area contributed by atoms with E-state index in [1.54, 1.807) is 12.1 Å². The number of ether oxygens (including phenoxy) is 1. The van der Waals surface area contributed by atoms with E-state index < -0.39 is 11.6 Å². The Balaban J connectivity index is 1.62. The van der Waals surface area contributed by atoms with Gasteiger partial charge in [-0.05, 0) is 24.6 Å². The van der Waals surface area contributed by atoms with E-state index in [4.69, 9.17) is 4.74 Å². The molecule has 1 aromatic carbocycles. The van der Waals surface area contributed by atoms with Crippen LogP contribution in [0.1, 0.15) is 18.4 Å². The summed E-state index contributed by atoms with van der Waals surface area (Å²) in [4.78, 5) is 29.1. The first-order valence-corrected chi connectivity index (χ1v) is 8.14. The summed E-state index contributed by atoms with van der Waals surface area (Å²) in [5.41, 5.74) is 0.568. The average molecular weight is 361 g/mol. The molecule has 0 unspecified atom stereocenters. The van der Waals surface area contributed by atoms with Crippen LogP contribution in [0, 0.1) is 11.6 Å². The number of aromatic nitrogens is 1. The Morgan fingerprint density at radius 3 is 2.85 bits per heavy atom. The molecule has 2 heterocycles. The molecule has 26 heavy (non-hydrogen) atoms. The third-order valence-corrected chi connectivity index (χ3v) is 3.94. The minimum Gasteiger partial charge on any atom is -0.439 e. The van der Waals surface area contributed by atoms with E-state index in [1.807, 2.05) is 0 Å². The number of nitrogens with one attached hydrogen (secondary N) is 1. The van der Waals surface area contributed by atoms with Crippen LogP contribution in [0.15, 0.2) is 36.5 Å². The molecule has 0 spiro atoms. The third-order valence-electron chi connectivity index (χ3n) is 3.94. The van der Waals surface area contributed by atoms with Crippen molar-refractivity contribution in [3.05, 3.63) is 53.7 Å². The van der Waals surface area contributed by atoms with E-state index in [2.05, 4.69) is 10.3 Å². The Kier molecular flexibility index (Phi) is 5.40. The first kappa shape index (κ1) is 17.8. The molecule has 6 nitrogen and oxygen atoms in total. The first-order valence-electron chi connectivity index (χ1n) is 8.14. The third kappa shape index (κ3) is 4.33. The van der Waals surface area contributed by atoms with E-state index in [1.165, 1.54) is 17.2 Å². The van der Waals surface area contributed by atoms with Crippen molar-refractivity contribution >= 4 is 11.8 Å². The summed E-state index contributed by atoms with van der Waals surface area (Å²) in [6, 6.07) is 6.54. The highest BCUT2D eigenvalue weighted by Gasteiger charge is 2.22. The molecule has 2 amide bonds. The van der Waals surface area contributed by atoms with Crippen LogP contribution in [0.5, 0.6) is 11.6 Å². The summed E-state index contributed by atoms with van der Waals surface area (Å²) in [5, 5.41) is 2.71. The lowest BCUT2D eigenvalue weighted by Gasteiger charge is -2.15. The lowest BCUT2D eigenvalue weighted by atomic mass is 10.2. The molecule has 1 N–H and O–H groups in total. The number of hydrogen-bond donors (Lipinski definition) is 1. The highest BCUT2D eigenvalue weighted by molar-refractivity contribution is 5.85. The number of nitrogens with zero attached hydrogens (tertiary/aromatic N) is 2. The van der Waals surface area contributed by atoms with Gasteiger partial charge in [0.25, 0.3) is 0 Å². The molecule has 0 aliphatic carbocycles. The quantitative estimate of drug-likeness (QED) is 0.858. The van der Waals surface area contributed by atoms with Crippen molar-refractivity contribution in [1.29, 1.82) is 0 Å². The second-order valence-electron chi connectivity index (χ2n) is 5.84. The van der Waals surface area contributed by atoms with Crippen molar-refractivity contribution in [3.63, 3.8) is 0 Å². The van der Waals surface area contributed by atoms with Gasteiger partial charge >= 0.3 is 0 Å².